The van der Waals surface area contributed by atoms with Gasteiger partial charge in [-0.25, -0.2) is 0 Å². The maximum Gasteiger partial charge on any atom is 0.134 e. The fraction of sp³-hybridized carbons (Fsp3) is 0.333. The van der Waals surface area contributed by atoms with Crippen LogP contribution < -0.4 is 0 Å². The number of hydrogen-bond acceptors (Lipinski definition) is 1. The minimum Gasteiger partial charge on any atom is -0.461 e. The molecule has 2 aromatic rings. The Bertz CT molecular complexity index is 365. The van der Waals surface area contributed by atoms with E-state index in [1.54, 1.807) is 0 Å². The summed E-state index contributed by atoms with van der Waals surface area (Å²) in [6, 6.07) is 10.9. The molecule has 1 heteroatoms. The first-order valence-corrected chi connectivity index (χ1v) is 4.64. The predicted octanol–water partition coefficient (Wildman–Crippen LogP) is 3.43. The highest BCUT2D eigenvalue weighted by Crippen LogP contribution is 2.20. The third-order valence-electron chi connectivity index (χ3n) is 2.02. The van der Waals surface area contributed by atoms with Gasteiger partial charge in [-0.1, -0.05) is 19.9 Å². The van der Waals surface area contributed by atoms with E-state index in [2.05, 4.69) is 26.0 Å². The molecule has 67 valence electrons. The smallest absolute Gasteiger partial charge is 0.134 e. The van der Waals surface area contributed by atoms with Crippen molar-refractivity contribution in [2.75, 3.05) is 0 Å². The Kier molecular flexibility index (Phi) is 2.09. The van der Waals surface area contributed by atoms with Crippen molar-refractivity contribution in [1.82, 2.24) is 0 Å². The van der Waals surface area contributed by atoms with Gasteiger partial charge < -0.3 is 4.42 Å². The van der Waals surface area contributed by atoms with Crippen LogP contribution in [0.3, 0.4) is 0 Å². The van der Waals surface area contributed by atoms with Crippen LogP contribution in [0.4, 0.5) is 0 Å². The second-order valence-corrected chi connectivity index (χ2v) is 3.77. The summed E-state index contributed by atoms with van der Waals surface area (Å²) >= 11 is 0. The monoisotopic (exact) mass is 173 g/mol. The molecule has 1 aromatic heterocycles. The first kappa shape index (κ1) is 8.36. The van der Waals surface area contributed by atoms with Crippen LogP contribution in [0.5, 0.6) is 0 Å². The van der Waals surface area contributed by atoms with Crippen LogP contribution in [0.1, 0.15) is 19.6 Å². The standard InChI is InChI=1S/C12H13O/c1-9(2)7-11-8-10-5-3-4-6-12(10)13-11/h4-6,8-9H,7H2,1-2H3. The van der Waals surface area contributed by atoms with Crippen molar-refractivity contribution in [2.45, 2.75) is 20.3 Å². The normalized spacial score (nSPS) is 11.3. The van der Waals surface area contributed by atoms with Gasteiger partial charge >= 0.3 is 0 Å². The van der Waals surface area contributed by atoms with Crippen molar-refractivity contribution in [2.24, 2.45) is 5.92 Å². The third kappa shape index (κ3) is 1.74. The molecule has 0 aliphatic heterocycles. The van der Waals surface area contributed by atoms with Crippen molar-refractivity contribution in [3.63, 3.8) is 0 Å². The highest BCUT2D eigenvalue weighted by Gasteiger charge is 2.04. The fourth-order valence-corrected chi connectivity index (χ4v) is 1.48. The fourth-order valence-electron chi connectivity index (χ4n) is 1.48. The van der Waals surface area contributed by atoms with E-state index in [1.165, 1.54) is 0 Å². The zero-order chi connectivity index (χ0) is 9.26. The van der Waals surface area contributed by atoms with Crippen molar-refractivity contribution in [3.8, 4) is 0 Å². The molecule has 0 spiro atoms. The summed E-state index contributed by atoms with van der Waals surface area (Å²) in [7, 11) is 0. The van der Waals surface area contributed by atoms with Crippen molar-refractivity contribution in [3.05, 3.63) is 36.1 Å². The van der Waals surface area contributed by atoms with Gasteiger partial charge in [0.05, 0.1) is 0 Å². The summed E-state index contributed by atoms with van der Waals surface area (Å²) in [5.41, 5.74) is 0.967. The molecule has 0 fully saturated rings. The Labute approximate surface area is 78.4 Å². The molecule has 1 nitrogen and oxygen atoms in total. The molecule has 0 N–H and O–H groups in total. The zero-order valence-electron chi connectivity index (χ0n) is 8.00. The lowest BCUT2D eigenvalue weighted by Gasteiger charge is -1.98. The van der Waals surface area contributed by atoms with Crippen molar-refractivity contribution >= 4 is 11.0 Å². The first-order valence-electron chi connectivity index (χ1n) is 4.64. The molecule has 2 rings (SSSR count). The number of rotatable bonds is 2. The van der Waals surface area contributed by atoms with E-state index in [-0.39, 0.29) is 0 Å². The Balaban J connectivity index is 2.38. The molecule has 0 unspecified atom stereocenters. The molecule has 0 atom stereocenters. The Morgan fingerprint density at radius 2 is 2.31 bits per heavy atom. The molecule has 0 aliphatic carbocycles. The topological polar surface area (TPSA) is 13.1 Å². The number of furan rings is 1. The average molecular weight is 173 g/mol. The summed E-state index contributed by atoms with van der Waals surface area (Å²) in [6.07, 6.45) is 1.01. The Morgan fingerprint density at radius 3 is 3.00 bits per heavy atom. The largest absolute Gasteiger partial charge is 0.461 e. The molecule has 0 saturated heterocycles. The quantitative estimate of drug-likeness (QED) is 0.678. The lowest BCUT2D eigenvalue weighted by atomic mass is 10.1. The van der Waals surface area contributed by atoms with E-state index in [0.717, 1.165) is 23.2 Å². The predicted molar refractivity (Wildman–Crippen MR) is 53.6 cm³/mol. The van der Waals surface area contributed by atoms with E-state index in [0.29, 0.717) is 5.92 Å². The lowest BCUT2D eigenvalue weighted by Crippen LogP contribution is -1.90. The van der Waals surface area contributed by atoms with E-state index in [1.807, 2.05) is 18.2 Å². The molecular formula is C12H13O. The molecular weight excluding hydrogens is 160 g/mol. The maximum absolute atomic E-state index is 5.66. The van der Waals surface area contributed by atoms with E-state index in [4.69, 9.17) is 4.42 Å². The van der Waals surface area contributed by atoms with E-state index < -0.39 is 0 Å². The second-order valence-electron chi connectivity index (χ2n) is 3.77. The average Bonchev–Trinajstić information content (AvgIpc) is 2.44. The summed E-state index contributed by atoms with van der Waals surface area (Å²) in [6.45, 7) is 4.39. The number of fused-ring (bicyclic) bond motifs is 1. The summed E-state index contributed by atoms with van der Waals surface area (Å²) in [4.78, 5) is 0. The van der Waals surface area contributed by atoms with Gasteiger partial charge in [-0.3, -0.25) is 0 Å². The molecule has 0 saturated carbocycles. The summed E-state index contributed by atoms with van der Waals surface area (Å²) in [5, 5.41) is 1.15. The second kappa shape index (κ2) is 3.25. The molecule has 1 aromatic carbocycles. The van der Waals surface area contributed by atoms with Gasteiger partial charge in [-0.15, -0.1) is 0 Å². The minimum absolute atomic E-state index is 0.643. The van der Waals surface area contributed by atoms with Crippen LogP contribution in [0.15, 0.2) is 28.7 Å². The molecule has 1 radical (unpaired) electrons. The van der Waals surface area contributed by atoms with Gasteiger partial charge in [0, 0.05) is 11.8 Å². The first-order chi connectivity index (χ1) is 6.25. The SMILES string of the molecule is CC(C)Cc1cc2c[c]ccc2o1. The third-order valence-corrected chi connectivity index (χ3v) is 2.02. The Morgan fingerprint density at radius 1 is 1.46 bits per heavy atom. The van der Waals surface area contributed by atoms with Crippen LogP contribution in [0.25, 0.3) is 11.0 Å². The molecule has 0 amide bonds. The van der Waals surface area contributed by atoms with Gasteiger partial charge in [0.2, 0.25) is 0 Å². The molecule has 13 heavy (non-hydrogen) atoms. The van der Waals surface area contributed by atoms with E-state index in [9.17, 15) is 0 Å². The van der Waals surface area contributed by atoms with Crippen LogP contribution in [-0.2, 0) is 6.42 Å². The Hall–Kier alpha value is -1.24. The highest BCUT2D eigenvalue weighted by molar-refractivity contribution is 5.77. The van der Waals surface area contributed by atoms with Gasteiger partial charge in [0.15, 0.2) is 0 Å². The summed E-state index contributed by atoms with van der Waals surface area (Å²) in [5.74, 6) is 1.72. The maximum atomic E-state index is 5.66. The van der Waals surface area contributed by atoms with Crippen LogP contribution >= 0.6 is 0 Å². The zero-order valence-corrected chi connectivity index (χ0v) is 8.00. The number of benzene rings is 1. The minimum atomic E-state index is 0.643. The van der Waals surface area contributed by atoms with Crippen LogP contribution in [0, 0.1) is 12.0 Å². The van der Waals surface area contributed by atoms with E-state index >= 15 is 0 Å². The van der Waals surface area contributed by atoms with Gasteiger partial charge in [0.25, 0.3) is 0 Å². The lowest BCUT2D eigenvalue weighted by molar-refractivity contribution is 0.500. The van der Waals surface area contributed by atoms with Gasteiger partial charge in [0.1, 0.15) is 11.3 Å². The molecule has 0 bridgehead atoms. The van der Waals surface area contributed by atoms with Crippen LogP contribution in [-0.4, -0.2) is 0 Å². The van der Waals surface area contributed by atoms with Gasteiger partial charge in [-0.2, -0.15) is 0 Å². The number of hydrogen-bond donors (Lipinski definition) is 0. The van der Waals surface area contributed by atoms with Crippen molar-refractivity contribution in [1.29, 1.82) is 0 Å². The molecule has 1 heterocycles. The van der Waals surface area contributed by atoms with Crippen LogP contribution in [0.2, 0.25) is 0 Å². The van der Waals surface area contributed by atoms with Crippen molar-refractivity contribution < 1.29 is 4.42 Å². The summed E-state index contributed by atoms with van der Waals surface area (Å²) < 4.78 is 5.66. The molecule has 0 aliphatic rings. The highest BCUT2D eigenvalue weighted by atomic mass is 16.3. The van der Waals surface area contributed by atoms with Gasteiger partial charge in [-0.05, 0) is 30.2 Å².